The van der Waals surface area contributed by atoms with Gasteiger partial charge in [-0.05, 0) is 34.6 Å². The van der Waals surface area contributed by atoms with Crippen LogP contribution in [-0.2, 0) is 0 Å². The highest BCUT2D eigenvalue weighted by Crippen LogP contribution is 2.10. The van der Waals surface area contributed by atoms with E-state index in [9.17, 15) is 0 Å². The van der Waals surface area contributed by atoms with Crippen molar-refractivity contribution in [1.82, 2.24) is 4.90 Å². The summed E-state index contributed by atoms with van der Waals surface area (Å²) < 4.78 is 0. The van der Waals surface area contributed by atoms with Gasteiger partial charge in [0, 0.05) is 28.5 Å². The van der Waals surface area contributed by atoms with E-state index in [1.807, 2.05) is 0 Å². The highest BCUT2D eigenvalue weighted by molar-refractivity contribution is 6.21. The predicted octanol–water partition coefficient (Wildman–Crippen LogP) is 1.33. The van der Waals surface area contributed by atoms with Crippen LogP contribution in [-0.4, -0.2) is 27.7 Å². The fraction of sp³-hybridized carbons (Fsp3) is 0.778. The first-order valence-electron chi connectivity index (χ1n) is 4.41. The van der Waals surface area contributed by atoms with Crippen molar-refractivity contribution < 1.29 is 0 Å². The Balaban J connectivity index is 4.39. The summed E-state index contributed by atoms with van der Waals surface area (Å²) in [6.07, 6.45) is 0. The van der Waals surface area contributed by atoms with E-state index in [0.29, 0.717) is 6.04 Å². The molecule has 0 N–H and O–H groups in total. The molecule has 0 aliphatic heterocycles. The zero-order chi connectivity index (χ0) is 9.02. The van der Waals surface area contributed by atoms with Gasteiger partial charge in [-0.3, -0.25) is 0 Å². The second-order valence-electron chi connectivity index (χ2n) is 3.47. The van der Waals surface area contributed by atoms with E-state index in [1.165, 1.54) is 15.9 Å². The molecule has 1 nitrogen and oxygen atoms in total. The minimum atomic E-state index is 0.642. The first-order chi connectivity index (χ1) is 5.00. The Morgan fingerprint density at radius 3 is 1.91 bits per heavy atom. The van der Waals surface area contributed by atoms with E-state index in [4.69, 9.17) is 0 Å². The van der Waals surface area contributed by atoms with Gasteiger partial charge in [-0.2, -0.15) is 0 Å². The Morgan fingerprint density at radius 2 is 1.82 bits per heavy atom. The molecular weight excluding hydrogens is 150 g/mol. The van der Waals surface area contributed by atoms with Crippen molar-refractivity contribution in [2.75, 3.05) is 6.54 Å². The van der Waals surface area contributed by atoms with Crippen molar-refractivity contribution >= 4 is 10.2 Å². The molecule has 0 spiro atoms. The van der Waals surface area contributed by atoms with Crippen molar-refractivity contribution in [1.29, 1.82) is 0 Å². The van der Waals surface area contributed by atoms with E-state index >= 15 is 0 Å². The predicted molar refractivity (Wildman–Crippen MR) is 55.8 cm³/mol. The number of hydrogen-bond acceptors (Lipinski definition) is 1. The summed E-state index contributed by atoms with van der Waals surface area (Å²) in [4.78, 5) is 2.45. The van der Waals surface area contributed by atoms with Crippen LogP contribution < -0.4 is 0 Å². The second-order valence-corrected chi connectivity index (χ2v) is 4.97. The van der Waals surface area contributed by atoms with Crippen LogP contribution >= 0.6 is 0 Å². The average Bonchev–Trinajstić information content (AvgIpc) is 1.88. The zero-order valence-electron chi connectivity index (χ0n) is 8.73. The van der Waals surface area contributed by atoms with Gasteiger partial charge in [0.05, 0.1) is 0 Å². The Hall–Kier alpha value is -0.243. The summed E-state index contributed by atoms with van der Waals surface area (Å²) in [5, 5.41) is 1.56. The summed E-state index contributed by atoms with van der Waals surface area (Å²) in [6, 6.07) is 0.642. The maximum atomic E-state index is 2.45. The van der Waals surface area contributed by atoms with Gasteiger partial charge in [0.2, 0.25) is 0 Å². The van der Waals surface area contributed by atoms with Gasteiger partial charge < -0.3 is 4.90 Å². The summed E-state index contributed by atoms with van der Waals surface area (Å²) in [5.41, 5.74) is 1.48. The van der Waals surface area contributed by atoms with Crippen LogP contribution in [0.4, 0.5) is 0 Å². The molecule has 0 unspecified atom stereocenters. The fourth-order valence-electron chi connectivity index (χ4n) is 1.28. The van der Waals surface area contributed by atoms with Crippen molar-refractivity contribution in [3.63, 3.8) is 0 Å². The molecule has 0 atom stereocenters. The molecule has 0 rings (SSSR count). The van der Waals surface area contributed by atoms with Gasteiger partial charge in [-0.1, -0.05) is 5.20 Å². The van der Waals surface area contributed by atoms with Crippen molar-refractivity contribution in [2.24, 2.45) is 0 Å². The molecule has 0 aromatic heterocycles. The highest BCUT2D eigenvalue weighted by Gasteiger charge is 2.06. The molecular formula is C9H21NSi. The zero-order valence-corrected chi connectivity index (χ0v) is 10.7. The molecule has 11 heavy (non-hydrogen) atoms. The summed E-state index contributed by atoms with van der Waals surface area (Å²) in [7, 11) is 1.19. The smallest absolute Gasteiger partial charge is 0.0351 e. The quantitative estimate of drug-likeness (QED) is 0.579. The van der Waals surface area contributed by atoms with Gasteiger partial charge in [0.1, 0.15) is 0 Å². The maximum Gasteiger partial charge on any atom is 0.0351 e. The number of nitrogens with zero attached hydrogens (tertiary/aromatic N) is 1. The maximum absolute atomic E-state index is 2.45. The lowest BCUT2D eigenvalue weighted by Crippen LogP contribution is -2.29. The Kier molecular flexibility index (Phi) is 4.50. The first kappa shape index (κ1) is 10.8. The summed E-state index contributed by atoms with van der Waals surface area (Å²) in [6.45, 7) is 12.3. The molecule has 0 aliphatic carbocycles. The van der Waals surface area contributed by atoms with Gasteiger partial charge in [0.25, 0.3) is 0 Å². The topological polar surface area (TPSA) is 3.24 Å². The number of rotatable bonds is 3. The second kappa shape index (κ2) is 4.60. The standard InChI is InChI=1S/C9H21NSi/c1-6-10(7(2)3)8(4)9(5)11/h7H,6H2,1-5,11H3. The Morgan fingerprint density at radius 1 is 1.36 bits per heavy atom. The molecule has 0 heterocycles. The molecule has 0 fully saturated rings. The molecule has 0 bridgehead atoms. The molecule has 0 radical (unpaired) electrons. The third-order valence-electron chi connectivity index (χ3n) is 2.12. The van der Waals surface area contributed by atoms with Crippen molar-refractivity contribution in [2.45, 2.75) is 40.7 Å². The summed E-state index contributed by atoms with van der Waals surface area (Å²) >= 11 is 0. The normalized spacial score (nSPS) is 13.6. The molecule has 0 saturated carbocycles. The molecule has 2 heteroatoms. The minimum Gasteiger partial charge on any atom is -0.373 e. The van der Waals surface area contributed by atoms with E-state index in [2.05, 4.69) is 39.5 Å². The number of hydrogen-bond donors (Lipinski definition) is 0. The van der Waals surface area contributed by atoms with Crippen LogP contribution in [0.5, 0.6) is 0 Å². The van der Waals surface area contributed by atoms with Gasteiger partial charge in [-0.25, -0.2) is 0 Å². The molecule has 0 amide bonds. The average molecular weight is 171 g/mol. The van der Waals surface area contributed by atoms with Crippen LogP contribution in [0.25, 0.3) is 0 Å². The summed E-state index contributed by atoms with van der Waals surface area (Å²) in [5.74, 6) is 0. The third kappa shape index (κ3) is 3.10. The van der Waals surface area contributed by atoms with Crippen LogP contribution in [0.3, 0.4) is 0 Å². The highest BCUT2D eigenvalue weighted by atomic mass is 28.1. The van der Waals surface area contributed by atoms with Gasteiger partial charge in [-0.15, -0.1) is 0 Å². The van der Waals surface area contributed by atoms with Crippen LogP contribution in [0.15, 0.2) is 10.9 Å². The lowest BCUT2D eigenvalue weighted by Gasteiger charge is -2.29. The van der Waals surface area contributed by atoms with Gasteiger partial charge >= 0.3 is 0 Å². The van der Waals surface area contributed by atoms with Gasteiger partial charge in [0.15, 0.2) is 0 Å². The van der Waals surface area contributed by atoms with Crippen LogP contribution in [0.2, 0.25) is 0 Å². The van der Waals surface area contributed by atoms with Crippen molar-refractivity contribution in [3.05, 3.63) is 10.9 Å². The minimum absolute atomic E-state index is 0.642. The molecule has 0 saturated heterocycles. The lowest BCUT2D eigenvalue weighted by atomic mass is 10.3. The Labute approximate surface area is 73.9 Å². The van der Waals surface area contributed by atoms with Crippen molar-refractivity contribution in [3.8, 4) is 0 Å². The fourth-order valence-corrected chi connectivity index (χ4v) is 1.56. The Bertz CT molecular complexity index is 146. The van der Waals surface area contributed by atoms with E-state index in [0.717, 1.165) is 6.54 Å². The first-order valence-corrected chi connectivity index (χ1v) is 5.41. The van der Waals surface area contributed by atoms with E-state index < -0.39 is 0 Å². The monoisotopic (exact) mass is 171 g/mol. The molecule has 0 aliphatic rings. The molecule has 0 aromatic carbocycles. The third-order valence-corrected chi connectivity index (χ3v) is 2.84. The lowest BCUT2D eigenvalue weighted by molar-refractivity contribution is 0.298. The van der Waals surface area contributed by atoms with E-state index in [-0.39, 0.29) is 0 Å². The van der Waals surface area contributed by atoms with Crippen LogP contribution in [0.1, 0.15) is 34.6 Å². The largest absolute Gasteiger partial charge is 0.373 e. The van der Waals surface area contributed by atoms with E-state index in [1.54, 1.807) is 5.20 Å². The SMILES string of the molecule is CCN(C(C)=C(C)[SiH3])C(C)C. The van der Waals surface area contributed by atoms with Crippen LogP contribution in [0, 0.1) is 0 Å². The molecule has 66 valence electrons. The molecule has 0 aromatic rings. The number of allylic oxidation sites excluding steroid dienone is 2.